The third-order valence-corrected chi connectivity index (χ3v) is 6.02. The van der Waals surface area contributed by atoms with Crippen LogP contribution in [-0.2, 0) is 0 Å². The van der Waals surface area contributed by atoms with Gasteiger partial charge in [-0.3, -0.25) is 5.43 Å². The highest BCUT2D eigenvalue weighted by Crippen LogP contribution is 2.31. The van der Waals surface area contributed by atoms with Crippen molar-refractivity contribution in [3.63, 3.8) is 0 Å². The minimum absolute atomic E-state index is 0.267. The molecule has 1 aliphatic heterocycles. The maximum Gasteiger partial charge on any atom is 0.340 e. The van der Waals surface area contributed by atoms with Crippen LogP contribution in [0, 0.1) is 0 Å². The fourth-order valence-electron chi connectivity index (χ4n) is 3.91. The Hall–Kier alpha value is -4.42. The maximum atomic E-state index is 13.1. The molecule has 0 spiro atoms. The maximum absolute atomic E-state index is 13.1. The molecule has 1 aliphatic rings. The van der Waals surface area contributed by atoms with Crippen LogP contribution in [0.5, 0.6) is 17.2 Å². The predicted octanol–water partition coefficient (Wildman–Crippen LogP) is 7.06. The van der Waals surface area contributed by atoms with Gasteiger partial charge in [0, 0.05) is 16.3 Å². The Bertz CT molecular complexity index is 1370. The van der Waals surface area contributed by atoms with Gasteiger partial charge in [-0.05, 0) is 71.8 Å². The Morgan fingerprint density at radius 3 is 2.06 bits per heavy atom. The van der Waals surface area contributed by atoms with Crippen molar-refractivity contribution in [3.05, 3.63) is 119 Å². The van der Waals surface area contributed by atoms with E-state index in [1.807, 2.05) is 91.0 Å². The smallest absolute Gasteiger partial charge is 0.340 e. The van der Waals surface area contributed by atoms with E-state index in [1.165, 1.54) is 0 Å². The number of hydrogen-bond acceptors (Lipinski definition) is 4. The highest BCUT2D eigenvalue weighted by Gasteiger charge is 2.27. The first-order valence-electron chi connectivity index (χ1n) is 11.4. The molecule has 7 heteroatoms. The van der Waals surface area contributed by atoms with Gasteiger partial charge in [0.1, 0.15) is 17.2 Å². The van der Waals surface area contributed by atoms with E-state index in [9.17, 15) is 4.79 Å². The number of amides is 2. The lowest BCUT2D eigenvalue weighted by molar-refractivity contribution is 0.210. The van der Waals surface area contributed by atoms with Crippen molar-refractivity contribution in [1.82, 2.24) is 10.4 Å². The SMILES string of the molecule is COc1ccc(Oc2ccc(NC(=O)N3CC(c4ccccc4)=C(c4ccc(Cl)cc4)N3)cc2)cc1. The second-order valence-electron chi connectivity index (χ2n) is 8.16. The van der Waals surface area contributed by atoms with Crippen LogP contribution < -0.4 is 20.2 Å². The number of ether oxygens (including phenoxy) is 2. The Morgan fingerprint density at radius 1 is 0.806 bits per heavy atom. The highest BCUT2D eigenvalue weighted by molar-refractivity contribution is 6.30. The molecule has 0 aromatic heterocycles. The summed E-state index contributed by atoms with van der Waals surface area (Å²) in [7, 11) is 1.62. The minimum atomic E-state index is -0.267. The van der Waals surface area contributed by atoms with Crippen LogP contribution in [0.15, 0.2) is 103 Å². The van der Waals surface area contributed by atoms with Crippen molar-refractivity contribution in [2.24, 2.45) is 0 Å². The van der Waals surface area contributed by atoms with Crippen LogP contribution in [0.3, 0.4) is 0 Å². The minimum Gasteiger partial charge on any atom is -0.497 e. The van der Waals surface area contributed by atoms with Crippen LogP contribution in [0.25, 0.3) is 11.3 Å². The zero-order valence-corrected chi connectivity index (χ0v) is 20.3. The van der Waals surface area contributed by atoms with Gasteiger partial charge in [0.2, 0.25) is 0 Å². The molecule has 2 N–H and O–H groups in total. The van der Waals surface area contributed by atoms with E-state index in [0.29, 0.717) is 28.8 Å². The highest BCUT2D eigenvalue weighted by atomic mass is 35.5. The lowest BCUT2D eigenvalue weighted by Gasteiger charge is -2.19. The number of hydrazine groups is 1. The number of nitrogens with zero attached hydrogens (tertiary/aromatic N) is 1. The third-order valence-electron chi connectivity index (χ3n) is 5.77. The molecule has 0 unspecified atom stereocenters. The van der Waals surface area contributed by atoms with Crippen LogP contribution in [0.4, 0.5) is 10.5 Å². The largest absolute Gasteiger partial charge is 0.497 e. The molecule has 4 aromatic carbocycles. The van der Waals surface area contributed by atoms with Gasteiger partial charge in [0.05, 0.1) is 19.4 Å². The molecule has 0 bridgehead atoms. The van der Waals surface area contributed by atoms with E-state index in [1.54, 1.807) is 24.3 Å². The third kappa shape index (κ3) is 5.29. The summed E-state index contributed by atoms with van der Waals surface area (Å²) in [5.74, 6) is 2.12. The standard InChI is InChI=1S/C29H24ClN3O3/c1-35-24-15-17-26(18-16-24)36-25-13-11-23(12-14-25)31-29(34)33-19-27(20-5-3-2-4-6-20)28(32-33)21-7-9-22(30)10-8-21/h2-18,32H,19H2,1H3,(H,31,34). The van der Waals surface area contributed by atoms with Crippen molar-refractivity contribution in [1.29, 1.82) is 0 Å². The van der Waals surface area contributed by atoms with E-state index in [-0.39, 0.29) is 6.03 Å². The predicted molar refractivity (Wildman–Crippen MR) is 143 cm³/mol. The van der Waals surface area contributed by atoms with Crippen LogP contribution in [0.2, 0.25) is 5.02 Å². The zero-order chi connectivity index (χ0) is 24.9. The number of anilines is 1. The van der Waals surface area contributed by atoms with E-state index in [0.717, 1.165) is 28.1 Å². The first kappa shape index (κ1) is 23.3. The van der Waals surface area contributed by atoms with Gasteiger partial charge < -0.3 is 14.8 Å². The first-order chi connectivity index (χ1) is 17.6. The summed E-state index contributed by atoms with van der Waals surface area (Å²) >= 11 is 6.08. The number of nitrogens with one attached hydrogen (secondary N) is 2. The van der Waals surface area contributed by atoms with E-state index >= 15 is 0 Å². The lowest BCUT2D eigenvalue weighted by Crippen LogP contribution is -2.40. The molecular formula is C29H24ClN3O3. The van der Waals surface area contributed by atoms with Gasteiger partial charge in [0.15, 0.2) is 0 Å². The van der Waals surface area contributed by atoms with Crippen molar-refractivity contribution in [3.8, 4) is 17.2 Å². The topological polar surface area (TPSA) is 62.8 Å². The molecule has 4 aromatic rings. The van der Waals surface area contributed by atoms with Crippen molar-refractivity contribution in [2.45, 2.75) is 0 Å². The fraction of sp³-hybridized carbons (Fsp3) is 0.0690. The average Bonchev–Trinajstić information content (AvgIpc) is 3.37. The summed E-state index contributed by atoms with van der Waals surface area (Å²) < 4.78 is 11.0. The molecule has 6 nitrogen and oxygen atoms in total. The number of urea groups is 1. The molecule has 0 atom stereocenters. The number of methoxy groups -OCH3 is 1. The fourth-order valence-corrected chi connectivity index (χ4v) is 4.04. The number of halogens is 1. The Balaban J connectivity index is 1.28. The number of carbonyl (C=O) groups is 1. The second kappa shape index (κ2) is 10.5. The second-order valence-corrected chi connectivity index (χ2v) is 8.59. The molecule has 1 heterocycles. The summed E-state index contributed by atoms with van der Waals surface area (Å²) in [4.78, 5) is 13.1. The molecule has 0 saturated heterocycles. The van der Waals surface area contributed by atoms with Gasteiger partial charge in [-0.25, -0.2) is 9.80 Å². The quantitative estimate of drug-likeness (QED) is 0.299. The first-order valence-corrected chi connectivity index (χ1v) is 11.8. The molecule has 2 amide bonds. The van der Waals surface area contributed by atoms with Gasteiger partial charge in [-0.15, -0.1) is 0 Å². The van der Waals surface area contributed by atoms with Crippen LogP contribution in [0.1, 0.15) is 11.1 Å². The zero-order valence-electron chi connectivity index (χ0n) is 19.6. The molecule has 0 aliphatic carbocycles. The number of carbonyl (C=O) groups excluding carboxylic acids is 1. The summed E-state index contributed by atoms with van der Waals surface area (Å²) in [5.41, 5.74) is 7.82. The summed E-state index contributed by atoms with van der Waals surface area (Å²) in [6, 6.07) is 31.9. The van der Waals surface area contributed by atoms with E-state index in [2.05, 4.69) is 10.7 Å². The number of hydrogen-bond donors (Lipinski definition) is 2. The molecule has 180 valence electrons. The molecule has 36 heavy (non-hydrogen) atoms. The molecule has 5 rings (SSSR count). The lowest BCUT2D eigenvalue weighted by atomic mass is 10.0. The number of benzene rings is 4. The van der Waals surface area contributed by atoms with Crippen molar-refractivity contribution >= 4 is 34.6 Å². The summed E-state index contributed by atoms with van der Waals surface area (Å²) in [6.45, 7) is 0.409. The average molecular weight is 498 g/mol. The summed E-state index contributed by atoms with van der Waals surface area (Å²) in [6.07, 6.45) is 0. The monoisotopic (exact) mass is 497 g/mol. The Kier molecular flexibility index (Phi) is 6.78. The molecule has 0 saturated carbocycles. The molecular weight excluding hydrogens is 474 g/mol. The van der Waals surface area contributed by atoms with Gasteiger partial charge in [-0.1, -0.05) is 54.1 Å². The van der Waals surface area contributed by atoms with E-state index in [4.69, 9.17) is 21.1 Å². The van der Waals surface area contributed by atoms with Gasteiger partial charge in [0.25, 0.3) is 0 Å². The molecule has 0 fully saturated rings. The van der Waals surface area contributed by atoms with Crippen LogP contribution in [-0.4, -0.2) is 24.7 Å². The van der Waals surface area contributed by atoms with Crippen molar-refractivity contribution in [2.75, 3.05) is 19.0 Å². The Labute approximate surface area is 214 Å². The molecule has 0 radical (unpaired) electrons. The Morgan fingerprint density at radius 2 is 1.42 bits per heavy atom. The number of rotatable bonds is 6. The summed E-state index contributed by atoms with van der Waals surface area (Å²) in [5, 5.41) is 5.17. The van der Waals surface area contributed by atoms with Crippen molar-refractivity contribution < 1.29 is 14.3 Å². The normalized spacial score (nSPS) is 12.8. The van der Waals surface area contributed by atoms with Crippen LogP contribution >= 0.6 is 11.6 Å². The van der Waals surface area contributed by atoms with E-state index < -0.39 is 0 Å². The van der Waals surface area contributed by atoms with Gasteiger partial charge >= 0.3 is 6.03 Å². The van der Waals surface area contributed by atoms with Gasteiger partial charge in [-0.2, -0.15) is 0 Å².